The first-order chi connectivity index (χ1) is 41.1. The van der Waals surface area contributed by atoms with Crippen molar-refractivity contribution in [3.63, 3.8) is 0 Å². The molecule has 12 aromatic rings. The van der Waals surface area contributed by atoms with Crippen LogP contribution in [0, 0.1) is 12.3 Å². The Bertz CT molecular complexity index is 4190. The number of hydrogen-bond donors (Lipinski definition) is 12. The maximum Gasteiger partial charge on any atom is 0.268 e. The van der Waals surface area contributed by atoms with E-state index in [-0.39, 0.29) is 47.6 Å². The summed E-state index contributed by atoms with van der Waals surface area (Å²) >= 11 is 0. The van der Waals surface area contributed by atoms with Crippen molar-refractivity contribution in [1.82, 2.24) is 101 Å². The molecule has 12 heterocycles. The van der Waals surface area contributed by atoms with Gasteiger partial charge in [-0.2, -0.15) is 0 Å². The number of H-pyrrole nitrogens is 8. The Morgan fingerprint density at radius 2 is 0.821 bits per heavy atom. The van der Waals surface area contributed by atoms with Crippen LogP contribution in [0.3, 0.4) is 0 Å². The number of fused-ring (bicyclic) bond motifs is 4. The van der Waals surface area contributed by atoms with Crippen LogP contribution < -0.4 is 21.3 Å². The molecule has 2 aliphatic rings. The molecule has 0 aromatic carbocycles. The predicted octanol–water partition coefficient (Wildman–Crippen LogP) is 10.6. The number of nitrogens with one attached hydrogen (secondary N) is 12. The summed E-state index contributed by atoms with van der Waals surface area (Å²) in [7, 11) is 0. The quantitative estimate of drug-likeness (QED) is 0.0452. The monoisotopic (exact) mass is 1140 g/mol. The topological polar surface area (TPSA) is 346 Å². The minimum atomic E-state index is -0.242. The lowest BCUT2D eigenvalue weighted by Gasteiger charge is -2.13. The number of amides is 4. The molecule has 24 nitrogen and oxygen atoms in total. The maximum atomic E-state index is 12.3. The molecule has 4 amide bonds. The van der Waals surface area contributed by atoms with Gasteiger partial charge in [-0.05, 0) is 87.1 Å². The fraction of sp³-hybridized carbons (Fsp3) is 0.233. The molecule has 12 aromatic heterocycles. The van der Waals surface area contributed by atoms with Crippen LogP contribution in [-0.4, -0.2) is 128 Å². The summed E-state index contributed by atoms with van der Waals surface area (Å²) in [5, 5.41) is 15.4. The Morgan fingerprint density at radius 1 is 0.488 bits per heavy atom. The highest BCUT2D eigenvalue weighted by molar-refractivity contribution is 6.00. The van der Waals surface area contributed by atoms with E-state index in [4.69, 9.17) is 6.42 Å². The Hall–Kier alpha value is -11.0. The molecular weight excluding hydrogens is 1060 g/mol. The first kappa shape index (κ1) is 55.0. The van der Waals surface area contributed by atoms with Crippen molar-refractivity contribution in [2.24, 2.45) is 0 Å². The van der Waals surface area contributed by atoms with Gasteiger partial charge in [0.25, 0.3) is 23.6 Å². The first-order valence-corrected chi connectivity index (χ1v) is 27.7. The molecule has 0 saturated heterocycles. The largest absolute Gasteiger partial charge is 0.357 e. The summed E-state index contributed by atoms with van der Waals surface area (Å²) in [4.78, 5) is 106. The van der Waals surface area contributed by atoms with E-state index in [9.17, 15) is 19.2 Å². The number of hydrogen-bond acceptors (Lipinski definition) is 12. The van der Waals surface area contributed by atoms with Gasteiger partial charge < -0.3 is 61.1 Å². The molecular formula is C60H76N20O4. The Morgan fingerprint density at radius 3 is 1.15 bits per heavy atom. The fourth-order valence-corrected chi connectivity index (χ4v) is 9.86. The van der Waals surface area contributed by atoms with Gasteiger partial charge in [-0.3, -0.25) is 19.2 Å². The molecule has 0 bridgehead atoms. The Balaban J connectivity index is 0.000000311. The van der Waals surface area contributed by atoms with Gasteiger partial charge in [0.2, 0.25) is 0 Å². The lowest BCUT2D eigenvalue weighted by molar-refractivity contribution is 0.0923. The summed E-state index contributed by atoms with van der Waals surface area (Å²) in [5.41, 5.74) is 12.0. The lowest BCUT2D eigenvalue weighted by Crippen LogP contribution is -2.33. The van der Waals surface area contributed by atoms with E-state index in [1.165, 1.54) is 38.2 Å². The second-order valence-corrected chi connectivity index (χ2v) is 20.1. The number of terminal acetylenes is 1. The van der Waals surface area contributed by atoms with Crippen LogP contribution in [0.25, 0.3) is 89.2 Å². The second-order valence-electron chi connectivity index (χ2n) is 20.1. The van der Waals surface area contributed by atoms with Gasteiger partial charge in [0.15, 0.2) is 0 Å². The van der Waals surface area contributed by atoms with Crippen molar-refractivity contribution in [3.8, 4) is 57.4 Å². The van der Waals surface area contributed by atoms with E-state index in [1.54, 1.807) is 30.9 Å². The van der Waals surface area contributed by atoms with E-state index < -0.39 is 0 Å². The molecule has 0 atom stereocenters. The van der Waals surface area contributed by atoms with Crippen molar-refractivity contribution < 1.29 is 30.6 Å². The number of nitrogens with zero attached hydrogens (tertiary/aromatic N) is 8. The van der Waals surface area contributed by atoms with Crippen molar-refractivity contribution >= 4 is 67.8 Å². The second kappa shape index (κ2) is 25.2. The summed E-state index contributed by atoms with van der Waals surface area (Å²) in [6.45, 7) is 4.33. The number of aromatic nitrogens is 16. The zero-order valence-electron chi connectivity index (χ0n) is 45.9. The maximum absolute atomic E-state index is 12.3. The summed E-state index contributed by atoms with van der Waals surface area (Å²) in [5.74, 6) is 1.93. The molecule has 2 fully saturated rings. The standard InChI is InChI=1S/C16H17N5O.C16H19N5O.C14H13N5O.C14H11N5O.8H2/c22-16(21-11-3-1-2-4-11)13-7-10(8-18-13)14-12-5-6-17-15(12)20-9-19-14;1-3-11(4-2)21-16(22)13-7-10(8-18-13)14-12-5-6-17-15(12)20-9-19-14;20-14(19-9-1-2-9)11-5-8(6-16-11)12-10-3-4-15-13(10)18-7-17-12;1-2-4-16-14(20)11-6-9(7-17-11)12-10-3-5-15-13(10)19-8-18-12;;;;;;;;/h5-9,11,18H,1-4H2,(H,21,22)(H,17,19,20);5-9,11,18H,3-4H2,1-2H3,(H,21,22)(H,17,19,20);3-7,9,16H,1-2H2,(H,19,20)(H,15,17,18);1,3,5-8,17H,4H2,(H,16,20)(H,15,18,19);8*1H. The minimum Gasteiger partial charge on any atom is -0.357 e. The summed E-state index contributed by atoms with van der Waals surface area (Å²) in [6, 6.07) is 15.8. The van der Waals surface area contributed by atoms with E-state index >= 15 is 0 Å². The van der Waals surface area contributed by atoms with E-state index in [1.807, 2.05) is 67.3 Å². The predicted molar refractivity (Wildman–Crippen MR) is 335 cm³/mol. The number of carbonyl (C=O) groups excluding carboxylic acids is 4. The molecule has 2 aliphatic carbocycles. The average molecular weight is 1140 g/mol. The van der Waals surface area contributed by atoms with Crippen LogP contribution in [0.1, 0.15) is 119 Å². The fourth-order valence-electron chi connectivity index (χ4n) is 9.86. The SMILES string of the molecule is C#CCNC(=O)c1cc(-c2ncnc3[nH]ccc23)c[nH]1.CCC(CC)NC(=O)c1cc(-c2ncnc3[nH]ccc23)c[nH]1.O=C(NC1CC1)c1cc(-c2ncnc3[nH]ccc23)c[nH]1.O=C(NC1CCCC1)c1cc(-c2ncnc3[nH]ccc23)c[nH]1.[HH].[HH].[HH].[HH].[HH].[HH].[HH].[HH]. The molecule has 84 heavy (non-hydrogen) atoms. The zero-order chi connectivity index (χ0) is 57.9. The van der Waals surface area contributed by atoms with Crippen LogP contribution in [-0.2, 0) is 0 Å². The summed E-state index contributed by atoms with van der Waals surface area (Å²) < 4.78 is 0. The van der Waals surface area contributed by atoms with Crippen molar-refractivity contribution in [1.29, 1.82) is 0 Å². The van der Waals surface area contributed by atoms with Crippen LogP contribution in [0.2, 0.25) is 0 Å². The normalized spacial score (nSPS) is 12.9. The average Bonchev–Trinajstić information content (AvgIpc) is 1.72. The number of carbonyl (C=O) groups is 4. The highest BCUT2D eigenvalue weighted by Crippen LogP contribution is 2.30. The first-order valence-electron chi connectivity index (χ1n) is 27.7. The molecule has 24 heteroatoms. The number of rotatable bonds is 14. The van der Waals surface area contributed by atoms with Gasteiger partial charge in [0.05, 0.1) is 29.3 Å². The van der Waals surface area contributed by atoms with Crippen molar-refractivity contribution in [3.05, 3.63) is 146 Å². The van der Waals surface area contributed by atoms with Gasteiger partial charge in [0.1, 0.15) is 70.7 Å². The van der Waals surface area contributed by atoms with Crippen LogP contribution >= 0.6 is 0 Å². The van der Waals surface area contributed by atoms with Gasteiger partial charge in [-0.1, -0.05) is 32.6 Å². The highest BCUT2D eigenvalue weighted by atomic mass is 16.2. The lowest BCUT2D eigenvalue weighted by atomic mass is 10.1. The van der Waals surface area contributed by atoms with Crippen molar-refractivity contribution in [2.45, 2.75) is 83.3 Å². The van der Waals surface area contributed by atoms with E-state index in [0.29, 0.717) is 34.9 Å². The van der Waals surface area contributed by atoms with Crippen LogP contribution in [0.15, 0.2) is 123 Å². The molecule has 0 spiro atoms. The molecule has 0 unspecified atom stereocenters. The third kappa shape index (κ3) is 12.5. The Labute approximate surface area is 491 Å². The zero-order valence-corrected chi connectivity index (χ0v) is 45.9. The third-order valence-corrected chi connectivity index (χ3v) is 14.5. The van der Waals surface area contributed by atoms with Gasteiger partial charge in [-0.25, -0.2) is 39.9 Å². The van der Waals surface area contributed by atoms with E-state index in [0.717, 1.165) is 128 Å². The third-order valence-electron chi connectivity index (χ3n) is 14.5. The minimum absolute atomic E-state index is 0. The molecule has 440 valence electrons. The molecule has 2 saturated carbocycles. The van der Waals surface area contributed by atoms with Gasteiger partial charge in [-0.15, -0.1) is 6.42 Å². The summed E-state index contributed by atoms with van der Waals surface area (Å²) in [6.07, 6.45) is 34.2. The number of aromatic amines is 8. The smallest absolute Gasteiger partial charge is 0.268 e. The van der Waals surface area contributed by atoms with Gasteiger partial charge >= 0.3 is 0 Å². The molecule has 14 rings (SSSR count). The molecule has 12 N–H and O–H groups in total. The molecule has 0 aliphatic heterocycles. The van der Waals surface area contributed by atoms with Crippen LogP contribution in [0.4, 0.5) is 0 Å². The van der Waals surface area contributed by atoms with Gasteiger partial charge in [0, 0.05) is 123 Å². The van der Waals surface area contributed by atoms with Crippen molar-refractivity contribution in [2.75, 3.05) is 6.54 Å². The highest BCUT2D eigenvalue weighted by Gasteiger charge is 2.25. The molecule has 0 radical (unpaired) electrons. The van der Waals surface area contributed by atoms with Crippen LogP contribution in [0.5, 0.6) is 0 Å². The van der Waals surface area contributed by atoms with E-state index in [2.05, 4.69) is 121 Å². The Kier molecular flexibility index (Phi) is 16.5.